The average molecular weight is 192 g/mol. The summed E-state index contributed by atoms with van der Waals surface area (Å²) in [5.41, 5.74) is 0. The van der Waals surface area contributed by atoms with Crippen molar-refractivity contribution in [2.24, 2.45) is 17.8 Å². The Morgan fingerprint density at radius 1 is 1.07 bits per heavy atom. The number of unbranched alkanes of at least 4 members (excludes halogenated alkanes) is 1. The van der Waals surface area contributed by atoms with Crippen molar-refractivity contribution >= 4 is 0 Å². The van der Waals surface area contributed by atoms with Gasteiger partial charge < -0.3 is 4.74 Å². The highest BCUT2D eigenvalue weighted by Gasteiger charge is 2.34. The number of fused-ring (bicyclic) bond motifs is 2. The Bertz CT molecular complexity index is 229. The van der Waals surface area contributed by atoms with Gasteiger partial charge in [-0.3, -0.25) is 0 Å². The van der Waals surface area contributed by atoms with Gasteiger partial charge in [-0.1, -0.05) is 25.0 Å². The van der Waals surface area contributed by atoms with Gasteiger partial charge in [-0.25, -0.2) is 0 Å². The zero-order valence-electron chi connectivity index (χ0n) is 8.82. The van der Waals surface area contributed by atoms with Gasteiger partial charge in [0.1, 0.15) is 0 Å². The summed E-state index contributed by atoms with van der Waals surface area (Å²) in [5, 5.41) is 0. The fraction of sp³-hybridized carbons (Fsp3) is 0.846. The predicted octanol–water partition coefficient (Wildman–Crippen LogP) is 3.16. The van der Waals surface area contributed by atoms with Crippen LogP contribution in [0.15, 0.2) is 12.2 Å². The highest BCUT2D eigenvalue weighted by atomic mass is 16.6. The molecule has 14 heavy (non-hydrogen) atoms. The summed E-state index contributed by atoms with van der Waals surface area (Å²) in [4.78, 5) is 0. The molecule has 2 fully saturated rings. The third kappa shape index (κ3) is 1.88. The van der Waals surface area contributed by atoms with Gasteiger partial charge in [0.15, 0.2) is 0 Å². The van der Waals surface area contributed by atoms with Gasteiger partial charge in [0.25, 0.3) is 0 Å². The van der Waals surface area contributed by atoms with Crippen LogP contribution in [0.5, 0.6) is 0 Å². The Morgan fingerprint density at radius 3 is 2.57 bits per heavy atom. The van der Waals surface area contributed by atoms with Crippen molar-refractivity contribution in [1.82, 2.24) is 0 Å². The van der Waals surface area contributed by atoms with Crippen molar-refractivity contribution in [1.29, 1.82) is 0 Å². The summed E-state index contributed by atoms with van der Waals surface area (Å²) in [6.07, 6.45) is 14.1. The van der Waals surface area contributed by atoms with E-state index in [-0.39, 0.29) is 0 Å². The zero-order chi connectivity index (χ0) is 9.38. The molecule has 0 aromatic heterocycles. The van der Waals surface area contributed by atoms with E-state index in [0.29, 0.717) is 6.10 Å². The van der Waals surface area contributed by atoms with E-state index in [9.17, 15) is 0 Å². The molecule has 1 heterocycles. The lowest BCUT2D eigenvalue weighted by Crippen LogP contribution is -2.06. The molecule has 78 valence electrons. The van der Waals surface area contributed by atoms with Gasteiger partial charge >= 0.3 is 0 Å². The normalized spacial score (nSPS) is 43.4. The predicted molar refractivity (Wildman–Crippen MR) is 57.1 cm³/mol. The van der Waals surface area contributed by atoms with Crippen LogP contribution in [0.25, 0.3) is 0 Å². The van der Waals surface area contributed by atoms with Gasteiger partial charge in [-0.15, -0.1) is 0 Å². The second kappa shape index (κ2) is 3.69. The Morgan fingerprint density at radius 2 is 1.93 bits per heavy atom. The molecule has 1 heteroatoms. The molecule has 3 aliphatic rings. The highest BCUT2D eigenvalue weighted by molar-refractivity contribution is 5.09. The Kier molecular flexibility index (Phi) is 2.36. The first kappa shape index (κ1) is 8.96. The van der Waals surface area contributed by atoms with Crippen LogP contribution < -0.4 is 0 Å². The maximum atomic E-state index is 5.22. The first-order valence-electron chi connectivity index (χ1n) is 6.22. The second-order valence-corrected chi connectivity index (χ2v) is 5.28. The average Bonchev–Trinajstić information content (AvgIpc) is 2.79. The number of hydrogen-bond donors (Lipinski definition) is 0. The second-order valence-electron chi connectivity index (χ2n) is 5.28. The van der Waals surface area contributed by atoms with E-state index in [1.165, 1.54) is 38.5 Å². The number of ether oxygens (including phenoxy) is 1. The molecule has 0 spiro atoms. The monoisotopic (exact) mass is 192 g/mol. The minimum Gasteiger partial charge on any atom is -0.373 e. The largest absolute Gasteiger partial charge is 0.373 e. The Balaban J connectivity index is 1.34. The lowest BCUT2D eigenvalue weighted by Gasteiger charge is -2.17. The molecule has 0 amide bonds. The summed E-state index contributed by atoms with van der Waals surface area (Å²) in [5.74, 6) is 2.94. The highest BCUT2D eigenvalue weighted by Crippen LogP contribution is 2.45. The number of allylic oxidation sites excluding steroid dienone is 2. The maximum Gasteiger partial charge on any atom is 0.0810 e. The zero-order valence-corrected chi connectivity index (χ0v) is 8.82. The van der Waals surface area contributed by atoms with E-state index in [0.717, 1.165) is 24.4 Å². The van der Waals surface area contributed by atoms with Crippen LogP contribution in [0.4, 0.5) is 0 Å². The molecule has 1 saturated heterocycles. The molecule has 4 unspecified atom stereocenters. The van der Waals surface area contributed by atoms with Crippen molar-refractivity contribution in [3.63, 3.8) is 0 Å². The molecular formula is C13H20O. The molecule has 0 aromatic rings. The van der Waals surface area contributed by atoms with Crippen molar-refractivity contribution in [2.75, 3.05) is 6.61 Å². The van der Waals surface area contributed by atoms with Crippen LogP contribution in [-0.2, 0) is 4.74 Å². The van der Waals surface area contributed by atoms with Gasteiger partial charge in [0.2, 0.25) is 0 Å². The molecule has 1 aliphatic heterocycles. The van der Waals surface area contributed by atoms with E-state index in [4.69, 9.17) is 4.74 Å². The number of epoxide rings is 1. The van der Waals surface area contributed by atoms with Crippen molar-refractivity contribution in [3.05, 3.63) is 12.2 Å². The van der Waals surface area contributed by atoms with Crippen LogP contribution >= 0.6 is 0 Å². The van der Waals surface area contributed by atoms with Crippen LogP contribution in [0, 0.1) is 17.8 Å². The van der Waals surface area contributed by atoms with Crippen molar-refractivity contribution in [2.45, 2.75) is 44.6 Å². The van der Waals surface area contributed by atoms with E-state index in [2.05, 4.69) is 12.2 Å². The van der Waals surface area contributed by atoms with Crippen LogP contribution in [0.2, 0.25) is 0 Å². The lowest BCUT2D eigenvalue weighted by atomic mass is 9.88. The first-order chi connectivity index (χ1) is 6.92. The summed E-state index contributed by atoms with van der Waals surface area (Å²) in [7, 11) is 0. The molecule has 0 aromatic carbocycles. The van der Waals surface area contributed by atoms with Gasteiger partial charge in [-0.05, 0) is 43.4 Å². The smallest absolute Gasteiger partial charge is 0.0810 e. The minimum atomic E-state index is 0.648. The third-order valence-corrected chi connectivity index (χ3v) is 4.17. The van der Waals surface area contributed by atoms with E-state index >= 15 is 0 Å². The Hall–Kier alpha value is -0.300. The van der Waals surface area contributed by atoms with Crippen molar-refractivity contribution in [3.8, 4) is 0 Å². The fourth-order valence-corrected chi connectivity index (χ4v) is 3.24. The number of rotatable bonds is 5. The first-order valence-corrected chi connectivity index (χ1v) is 6.22. The molecule has 0 radical (unpaired) electrons. The Labute approximate surface area is 86.5 Å². The molecule has 4 atom stereocenters. The quantitative estimate of drug-likeness (QED) is 0.370. The van der Waals surface area contributed by atoms with E-state index in [1.807, 2.05) is 0 Å². The summed E-state index contributed by atoms with van der Waals surface area (Å²) in [6, 6.07) is 0. The van der Waals surface area contributed by atoms with Crippen LogP contribution in [0.3, 0.4) is 0 Å². The van der Waals surface area contributed by atoms with E-state index in [1.54, 1.807) is 0 Å². The topological polar surface area (TPSA) is 12.5 Å². The SMILES string of the molecule is C1=CC2CC1CC2CCCCC1CO1. The fourth-order valence-electron chi connectivity index (χ4n) is 3.24. The standard InChI is InChI=1S/C13H20O/c1(2-4-13-9-14-13)3-11-7-10-5-6-12(11)8-10/h5-6,10-13H,1-4,7-9H2. The van der Waals surface area contributed by atoms with E-state index < -0.39 is 0 Å². The number of hydrogen-bond acceptors (Lipinski definition) is 1. The van der Waals surface area contributed by atoms with Crippen molar-refractivity contribution < 1.29 is 4.74 Å². The van der Waals surface area contributed by atoms with Gasteiger partial charge in [0.05, 0.1) is 12.7 Å². The van der Waals surface area contributed by atoms with Crippen LogP contribution in [0.1, 0.15) is 38.5 Å². The molecule has 2 aliphatic carbocycles. The minimum absolute atomic E-state index is 0.648. The molecule has 2 bridgehead atoms. The molecular weight excluding hydrogens is 172 g/mol. The van der Waals surface area contributed by atoms with Gasteiger partial charge in [0, 0.05) is 0 Å². The molecule has 0 N–H and O–H groups in total. The van der Waals surface area contributed by atoms with Crippen LogP contribution in [-0.4, -0.2) is 12.7 Å². The lowest BCUT2D eigenvalue weighted by molar-refractivity contribution is 0.366. The molecule has 3 rings (SSSR count). The third-order valence-electron chi connectivity index (χ3n) is 4.17. The van der Waals surface area contributed by atoms with Gasteiger partial charge in [-0.2, -0.15) is 0 Å². The molecule has 1 nitrogen and oxygen atoms in total. The summed E-state index contributed by atoms with van der Waals surface area (Å²) in [6.45, 7) is 1.04. The molecule has 1 saturated carbocycles. The summed E-state index contributed by atoms with van der Waals surface area (Å²) < 4.78 is 5.22. The summed E-state index contributed by atoms with van der Waals surface area (Å²) >= 11 is 0. The maximum absolute atomic E-state index is 5.22.